The van der Waals surface area contributed by atoms with Crippen molar-refractivity contribution in [1.82, 2.24) is 4.98 Å². The van der Waals surface area contributed by atoms with E-state index >= 15 is 0 Å². The number of aromatic amines is 1. The van der Waals surface area contributed by atoms with Crippen LogP contribution in [0.2, 0.25) is 10.0 Å². The van der Waals surface area contributed by atoms with Crippen molar-refractivity contribution in [3.05, 3.63) is 51.1 Å². The van der Waals surface area contributed by atoms with Crippen LogP contribution in [0.15, 0.2) is 36.5 Å². The molecule has 0 bridgehead atoms. The van der Waals surface area contributed by atoms with Crippen LogP contribution in [-0.4, -0.2) is 4.98 Å². The molecule has 0 aliphatic heterocycles. The van der Waals surface area contributed by atoms with Gasteiger partial charge in [0.15, 0.2) is 0 Å². The van der Waals surface area contributed by atoms with Crippen LogP contribution in [0, 0.1) is 4.51 Å². The van der Waals surface area contributed by atoms with Crippen molar-refractivity contribution in [2.24, 2.45) is 0 Å². The summed E-state index contributed by atoms with van der Waals surface area (Å²) in [5, 5.41) is 1.08. The second-order valence-electron chi connectivity index (χ2n) is 3.04. The predicted molar refractivity (Wildman–Crippen MR) is 67.1 cm³/mol. The number of aromatic nitrogens is 1. The maximum absolute atomic E-state index is 6.09. The Morgan fingerprint density at radius 2 is 1.93 bits per heavy atom. The Hall–Kier alpha value is -0.830. The summed E-state index contributed by atoms with van der Waals surface area (Å²) in [6, 6.07) is 9.18. The van der Waals surface area contributed by atoms with Gasteiger partial charge in [-0.15, -0.1) is 0 Å². The van der Waals surface area contributed by atoms with E-state index in [1.165, 1.54) is 0 Å². The lowest BCUT2D eigenvalue weighted by Crippen LogP contribution is -1.84. The molecule has 1 heterocycles. The first-order valence-corrected chi connectivity index (χ1v) is 5.48. The standard InChI is InChI=1S/C11H7Cl2NS/c12-9-3-1-2-8(11(9)13)10-6-7(15)4-5-14-10/h1-6H,(H,14,15). The third-order valence-electron chi connectivity index (χ3n) is 2.01. The fourth-order valence-electron chi connectivity index (χ4n) is 1.31. The molecule has 0 saturated carbocycles. The minimum Gasteiger partial charge on any atom is -0.361 e. The smallest absolute Gasteiger partial charge is 0.0685 e. The average molecular weight is 256 g/mol. The molecule has 0 aliphatic carbocycles. The van der Waals surface area contributed by atoms with Crippen LogP contribution in [0.5, 0.6) is 0 Å². The third kappa shape index (κ3) is 2.23. The fourth-order valence-corrected chi connectivity index (χ4v) is 1.90. The Bertz CT molecular complexity index is 548. The largest absolute Gasteiger partial charge is 0.361 e. The molecule has 15 heavy (non-hydrogen) atoms. The highest BCUT2D eigenvalue weighted by atomic mass is 35.5. The quantitative estimate of drug-likeness (QED) is 0.730. The molecule has 0 atom stereocenters. The molecular formula is C11H7Cl2NS. The molecule has 2 aromatic rings. The average Bonchev–Trinajstić information content (AvgIpc) is 2.22. The molecule has 1 aromatic carbocycles. The van der Waals surface area contributed by atoms with Crippen LogP contribution in [-0.2, 0) is 0 Å². The number of H-pyrrole nitrogens is 1. The predicted octanol–water partition coefficient (Wildman–Crippen LogP) is 4.72. The summed E-state index contributed by atoms with van der Waals surface area (Å²) in [5.74, 6) is 0. The van der Waals surface area contributed by atoms with Crippen molar-refractivity contribution in [2.45, 2.75) is 0 Å². The summed E-state index contributed by atoms with van der Waals surface area (Å²) in [5.41, 5.74) is 1.73. The van der Waals surface area contributed by atoms with E-state index in [0.717, 1.165) is 15.8 Å². The molecule has 76 valence electrons. The number of hydrogen-bond donors (Lipinski definition) is 1. The van der Waals surface area contributed by atoms with E-state index < -0.39 is 0 Å². The minimum absolute atomic E-state index is 0.538. The zero-order chi connectivity index (χ0) is 10.8. The SMILES string of the molecule is S=c1cc[nH]c(-c2cccc(Cl)c2Cl)c1. The Morgan fingerprint density at radius 3 is 2.67 bits per heavy atom. The van der Waals surface area contributed by atoms with E-state index in [1.54, 1.807) is 12.3 Å². The first-order valence-electron chi connectivity index (χ1n) is 4.31. The Balaban J connectivity index is 2.64. The molecule has 0 saturated heterocycles. The maximum Gasteiger partial charge on any atom is 0.0685 e. The van der Waals surface area contributed by atoms with Gasteiger partial charge in [0.25, 0.3) is 0 Å². The normalized spacial score (nSPS) is 10.3. The highest BCUT2D eigenvalue weighted by molar-refractivity contribution is 7.71. The molecule has 0 unspecified atom stereocenters. The summed E-state index contributed by atoms with van der Waals surface area (Å²) < 4.78 is 0.764. The summed E-state index contributed by atoms with van der Waals surface area (Å²) in [4.78, 5) is 3.08. The molecule has 0 aliphatic rings. The van der Waals surface area contributed by atoms with E-state index in [-0.39, 0.29) is 0 Å². The van der Waals surface area contributed by atoms with E-state index in [4.69, 9.17) is 35.4 Å². The highest BCUT2D eigenvalue weighted by Crippen LogP contribution is 2.32. The van der Waals surface area contributed by atoms with Gasteiger partial charge >= 0.3 is 0 Å². The van der Waals surface area contributed by atoms with Gasteiger partial charge in [-0.3, -0.25) is 0 Å². The Labute approximate surface area is 103 Å². The Morgan fingerprint density at radius 1 is 1.13 bits per heavy atom. The van der Waals surface area contributed by atoms with E-state index in [1.807, 2.05) is 24.3 Å². The minimum atomic E-state index is 0.538. The van der Waals surface area contributed by atoms with Crippen molar-refractivity contribution >= 4 is 35.4 Å². The van der Waals surface area contributed by atoms with Crippen molar-refractivity contribution < 1.29 is 0 Å². The molecule has 0 spiro atoms. The molecule has 0 radical (unpaired) electrons. The number of hydrogen-bond acceptors (Lipinski definition) is 1. The molecule has 0 fully saturated rings. The van der Waals surface area contributed by atoms with Gasteiger partial charge < -0.3 is 4.98 Å². The number of nitrogens with one attached hydrogen (secondary N) is 1. The monoisotopic (exact) mass is 255 g/mol. The van der Waals surface area contributed by atoms with Gasteiger partial charge in [-0.25, -0.2) is 0 Å². The summed E-state index contributed by atoms with van der Waals surface area (Å²) in [6.45, 7) is 0. The lowest BCUT2D eigenvalue weighted by molar-refractivity contribution is 1.32. The summed E-state index contributed by atoms with van der Waals surface area (Å²) in [7, 11) is 0. The number of rotatable bonds is 1. The van der Waals surface area contributed by atoms with Crippen LogP contribution >= 0.6 is 35.4 Å². The van der Waals surface area contributed by atoms with Crippen molar-refractivity contribution in [1.29, 1.82) is 0 Å². The van der Waals surface area contributed by atoms with E-state index in [0.29, 0.717) is 10.0 Å². The van der Waals surface area contributed by atoms with Crippen LogP contribution in [0.4, 0.5) is 0 Å². The van der Waals surface area contributed by atoms with Gasteiger partial charge in [0.1, 0.15) is 0 Å². The lowest BCUT2D eigenvalue weighted by atomic mass is 10.1. The summed E-state index contributed by atoms with van der Waals surface area (Å²) in [6.07, 6.45) is 1.79. The zero-order valence-electron chi connectivity index (χ0n) is 7.63. The first-order chi connectivity index (χ1) is 7.18. The van der Waals surface area contributed by atoms with Gasteiger partial charge in [-0.1, -0.05) is 47.6 Å². The third-order valence-corrected chi connectivity index (χ3v) is 3.09. The molecule has 2 rings (SSSR count). The molecule has 4 heteroatoms. The molecule has 1 aromatic heterocycles. The lowest BCUT2D eigenvalue weighted by Gasteiger charge is -2.05. The van der Waals surface area contributed by atoms with Crippen LogP contribution in [0.1, 0.15) is 0 Å². The van der Waals surface area contributed by atoms with Crippen molar-refractivity contribution in [2.75, 3.05) is 0 Å². The van der Waals surface area contributed by atoms with Gasteiger partial charge in [-0.2, -0.15) is 0 Å². The van der Waals surface area contributed by atoms with Crippen LogP contribution in [0.25, 0.3) is 11.3 Å². The van der Waals surface area contributed by atoms with E-state index in [2.05, 4.69) is 4.98 Å². The second-order valence-corrected chi connectivity index (χ2v) is 4.30. The molecule has 0 amide bonds. The molecular weight excluding hydrogens is 249 g/mol. The number of pyridine rings is 1. The fraction of sp³-hybridized carbons (Fsp3) is 0. The van der Waals surface area contributed by atoms with Crippen LogP contribution < -0.4 is 0 Å². The number of halogens is 2. The van der Waals surface area contributed by atoms with E-state index in [9.17, 15) is 0 Å². The van der Waals surface area contributed by atoms with Gasteiger partial charge in [0, 0.05) is 22.0 Å². The summed E-state index contributed by atoms with van der Waals surface area (Å²) >= 11 is 17.1. The molecule has 1 N–H and O–H groups in total. The van der Waals surface area contributed by atoms with Crippen molar-refractivity contribution in [3.63, 3.8) is 0 Å². The number of benzene rings is 1. The highest BCUT2D eigenvalue weighted by Gasteiger charge is 2.06. The Kier molecular flexibility index (Phi) is 3.10. The van der Waals surface area contributed by atoms with Gasteiger partial charge in [0.05, 0.1) is 10.0 Å². The van der Waals surface area contributed by atoms with Crippen LogP contribution in [0.3, 0.4) is 0 Å². The van der Waals surface area contributed by atoms with Crippen molar-refractivity contribution in [3.8, 4) is 11.3 Å². The zero-order valence-corrected chi connectivity index (χ0v) is 9.96. The van der Waals surface area contributed by atoms with Gasteiger partial charge in [0.2, 0.25) is 0 Å². The van der Waals surface area contributed by atoms with Gasteiger partial charge in [-0.05, 0) is 18.2 Å². The first kappa shape index (κ1) is 10.7. The maximum atomic E-state index is 6.09. The second kappa shape index (κ2) is 4.35. The molecule has 1 nitrogen and oxygen atoms in total. The topological polar surface area (TPSA) is 15.8 Å².